The van der Waals surface area contributed by atoms with Crippen molar-refractivity contribution in [1.82, 2.24) is 20.0 Å². The van der Waals surface area contributed by atoms with Gasteiger partial charge in [0.05, 0.1) is 23.9 Å². The number of para-hydroxylation sites is 2. The average Bonchev–Trinajstić information content (AvgIpc) is 3.02. The summed E-state index contributed by atoms with van der Waals surface area (Å²) in [6, 6.07) is 14.6. The van der Waals surface area contributed by atoms with Crippen LogP contribution in [-0.2, 0) is 4.74 Å². The van der Waals surface area contributed by atoms with Crippen molar-refractivity contribution >= 4 is 51.7 Å². The Balaban J connectivity index is 1.85. The summed E-state index contributed by atoms with van der Waals surface area (Å²) in [5.41, 5.74) is 9.50. The zero-order chi connectivity index (χ0) is 21.1. The number of carbonyl (C=O) groups is 1. The Kier molecular flexibility index (Phi) is 5.60. The number of amides is 1. The van der Waals surface area contributed by atoms with Crippen LogP contribution in [0.25, 0.3) is 22.2 Å². The fourth-order valence-electron chi connectivity index (χ4n) is 3.02. The van der Waals surface area contributed by atoms with Crippen LogP contribution in [0.3, 0.4) is 0 Å². The molecule has 0 unspecified atom stereocenters. The number of nitrogens with two attached hydrogens (primary N) is 1. The standard InChI is InChI=1S/C21H19ClN6O2/c1-30-11-10-24-21(29)17-18-20(27-16-5-3-2-4-15(16)26-18)28(19(17)23)25-12-13-6-8-14(22)9-7-13/h2-9,12H,10-11,23H2,1H3,(H,24,29)/b25-12+. The van der Waals surface area contributed by atoms with E-state index >= 15 is 0 Å². The van der Waals surface area contributed by atoms with Gasteiger partial charge in [0.2, 0.25) is 0 Å². The van der Waals surface area contributed by atoms with Gasteiger partial charge >= 0.3 is 0 Å². The molecule has 0 saturated heterocycles. The van der Waals surface area contributed by atoms with Crippen molar-refractivity contribution in [2.75, 3.05) is 26.0 Å². The van der Waals surface area contributed by atoms with Gasteiger partial charge in [-0.2, -0.15) is 9.78 Å². The highest BCUT2D eigenvalue weighted by Gasteiger charge is 2.23. The number of anilines is 1. The smallest absolute Gasteiger partial charge is 0.257 e. The first-order valence-electron chi connectivity index (χ1n) is 9.22. The molecule has 9 heteroatoms. The van der Waals surface area contributed by atoms with E-state index in [0.29, 0.717) is 40.4 Å². The van der Waals surface area contributed by atoms with Crippen molar-refractivity contribution in [2.45, 2.75) is 0 Å². The maximum Gasteiger partial charge on any atom is 0.257 e. The van der Waals surface area contributed by atoms with Gasteiger partial charge in [-0.05, 0) is 29.8 Å². The number of fused-ring (bicyclic) bond motifs is 2. The van der Waals surface area contributed by atoms with E-state index in [1.807, 2.05) is 36.4 Å². The molecule has 0 aliphatic rings. The highest BCUT2D eigenvalue weighted by molar-refractivity contribution is 6.30. The molecular weight excluding hydrogens is 404 g/mol. The molecule has 2 aromatic carbocycles. The fourth-order valence-corrected chi connectivity index (χ4v) is 3.14. The number of aromatic nitrogens is 3. The first-order valence-corrected chi connectivity index (χ1v) is 9.60. The van der Waals surface area contributed by atoms with E-state index in [2.05, 4.69) is 20.4 Å². The van der Waals surface area contributed by atoms with Gasteiger partial charge in [-0.25, -0.2) is 9.97 Å². The van der Waals surface area contributed by atoms with Crippen LogP contribution >= 0.6 is 11.6 Å². The number of rotatable bonds is 6. The zero-order valence-electron chi connectivity index (χ0n) is 16.2. The molecule has 8 nitrogen and oxygen atoms in total. The van der Waals surface area contributed by atoms with Crippen LogP contribution in [0.1, 0.15) is 15.9 Å². The third-order valence-electron chi connectivity index (χ3n) is 4.48. The Morgan fingerprint density at radius 3 is 2.60 bits per heavy atom. The van der Waals surface area contributed by atoms with E-state index in [9.17, 15) is 4.79 Å². The SMILES string of the molecule is COCCNC(=O)c1c(N)n(/N=C/c2ccc(Cl)cc2)c2nc3ccccc3nc12. The quantitative estimate of drug-likeness (QED) is 0.366. The van der Waals surface area contributed by atoms with Crippen molar-refractivity contribution in [3.63, 3.8) is 0 Å². The largest absolute Gasteiger partial charge is 0.383 e. The molecule has 4 rings (SSSR count). The minimum atomic E-state index is -0.362. The van der Waals surface area contributed by atoms with Gasteiger partial charge in [0.15, 0.2) is 5.65 Å². The second kappa shape index (κ2) is 8.48. The molecule has 4 aromatic rings. The lowest BCUT2D eigenvalue weighted by molar-refractivity contribution is 0.0939. The Morgan fingerprint density at radius 2 is 1.90 bits per heavy atom. The van der Waals surface area contributed by atoms with Crippen LogP contribution in [-0.4, -0.2) is 47.0 Å². The molecule has 30 heavy (non-hydrogen) atoms. The van der Waals surface area contributed by atoms with Crippen LogP contribution in [0.5, 0.6) is 0 Å². The monoisotopic (exact) mass is 422 g/mol. The lowest BCUT2D eigenvalue weighted by Crippen LogP contribution is -2.27. The van der Waals surface area contributed by atoms with Gasteiger partial charge < -0.3 is 15.8 Å². The normalized spacial score (nSPS) is 11.5. The Hall–Kier alpha value is -3.49. The van der Waals surface area contributed by atoms with Gasteiger partial charge in [-0.1, -0.05) is 35.9 Å². The molecule has 0 atom stereocenters. The van der Waals surface area contributed by atoms with Crippen LogP contribution in [0, 0.1) is 0 Å². The minimum absolute atomic E-state index is 0.153. The summed E-state index contributed by atoms with van der Waals surface area (Å²) in [5.74, 6) is -0.208. The summed E-state index contributed by atoms with van der Waals surface area (Å²) >= 11 is 5.94. The summed E-state index contributed by atoms with van der Waals surface area (Å²) < 4.78 is 6.42. The summed E-state index contributed by atoms with van der Waals surface area (Å²) in [6.45, 7) is 0.726. The number of benzene rings is 2. The number of hydrogen-bond acceptors (Lipinski definition) is 6. The maximum atomic E-state index is 12.8. The van der Waals surface area contributed by atoms with E-state index in [1.165, 1.54) is 4.68 Å². The van der Waals surface area contributed by atoms with Gasteiger partial charge in [0.1, 0.15) is 16.9 Å². The van der Waals surface area contributed by atoms with E-state index < -0.39 is 0 Å². The van der Waals surface area contributed by atoms with Crippen LogP contribution in [0.15, 0.2) is 53.6 Å². The van der Waals surface area contributed by atoms with Gasteiger partial charge in [-0.3, -0.25) is 4.79 Å². The van der Waals surface area contributed by atoms with E-state index in [0.717, 1.165) is 5.56 Å². The fraction of sp³-hybridized carbons (Fsp3) is 0.143. The Morgan fingerprint density at radius 1 is 1.20 bits per heavy atom. The predicted octanol–water partition coefficient (Wildman–Crippen LogP) is 3.08. The number of methoxy groups -OCH3 is 1. The third kappa shape index (κ3) is 3.83. The molecule has 1 amide bonds. The minimum Gasteiger partial charge on any atom is -0.383 e. The molecule has 0 fully saturated rings. The van der Waals surface area contributed by atoms with Crippen molar-refractivity contribution < 1.29 is 9.53 Å². The Labute approximate surface area is 177 Å². The number of carbonyl (C=O) groups excluding carboxylic acids is 1. The second-order valence-corrected chi connectivity index (χ2v) is 6.94. The zero-order valence-corrected chi connectivity index (χ0v) is 16.9. The van der Waals surface area contributed by atoms with Crippen LogP contribution in [0.2, 0.25) is 5.02 Å². The molecule has 2 heterocycles. The summed E-state index contributed by atoms with van der Waals surface area (Å²) in [7, 11) is 1.56. The van der Waals surface area contributed by atoms with E-state index in [4.69, 9.17) is 22.1 Å². The molecule has 0 saturated carbocycles. The van der Waals surface area contributed by atoms with Crippen molar-refractivity contribution in [3.8, 4) is 0 Å². The van der Waals surface area contributed by atoms with Gasteiger partial charge in [-0.15, -0.1) is 0 Å². The predicted molar refractivity (Wildman–Crippen MR) is 118 cm³/mol. The first-order chi connectivity index (χ1) is 14.6. The topological polar surface area (TPSA) is 107 Å². The average molecular weight is 423 g/mol. The van der Waals surface area contributed by atoms with Crippen LogP contribution < -0.4 is 11.1 Å². The van der Waals surface area contributed by atoms with Crippen molar-refractivity contribution in [2.24, 2.45) is 5.10 Å². The summed E-state index contributed by atoms with van der Waals surface area (Å²) in [6.07, 6.45) is 1.62. The molecule has 152 valence electrons. The van der Waals surface area contributed by atoms with Crippen molar-refractivity contribution in [3.05, 3.63) is 64.7 Å². The summed E-state index contributed by atoms with van der Waals surface area (Å²) in [5, 5.41) is 7.87. The number of nitrogen functional groups attached to an aromatic ring is 1. The first kappa shape index (κ1) is 19.8. The number of ether oxygens (including phenoxy) is 1. The van der Waals surface area contributed by atoms with E-state index in [1.54, 1.807) is 25.5 Å². The number of halogens is 1. The molecule has 0 aliphatic carbocycles. The number of hydrogen-bond donors (Lipinski definition) is 2. The van der Waals surface area contributed by atoms with Crippen LogP contribution in [0.4, 0.5) is 5.82 Å². The highest BCUT2D eigenvalue weighted by atomic mass is 35.5. The summed E-state index contributed by atoms with van der Waals surface area (Å²) in [4.78, 5) is 22.1. The molecular formula is C21H19ClN6O2. The van der Waals surface area contributed by atoms with Gasteiger partial charge in [0, 0.05) is 18.7 Å². The molecule has 3 N–H and O–H groups in total. The molecule has 0 bridgehead atoms. The third-order valence-corrected chi connectivity index (χ3v) is 4.74. The highest BCUT2D eigenvalue weighted by Crippen LogP contribution is 2.27. The lowest BCUT2D eigenvalue weighted by Gasteiger charge is -2.04. The maximum absolute atomic E-state index is 12.8. The lowest BCUT2D eigenvalue weighted by atomic mass is 10.2. The molecule has 0 radical (unpaired) electrons. The number of nitrogens with one attached hydrogen (secondary N) is 1. The molecule has 0 spiro atoms. The second-order valence-electron chi connectivity index (χ2n) is 6.50. The Bertz CT molecular complexity index is 1250. The number of nitrogens with zero attached hydrogens (tertiary/aromatic N) is 4. The molecule has 2 aromatic heterocycles. The van der Waals surface area contributed by atoms with Crippen molar-refractivity contribution in [1.29, 1.82) is 0 Å². The van der Waals surface area contributed by atoms with E-state index in [-0.39, 0.29) is 17.3 Å². The molecule has 0 aliphatic heterocycles. The van der Waals surface area contributed by atoms with Gasteiger partial charge in [0.25, 0.3) is 5.91 Å².